The highest BCUT2D eigenvalue weighted by Gasteiger charge is 2.15. The molecule has 0 bridgehead atoms. The fourth-order valence-corrected chi connectivity index (χ4v) is 4.09. The van der Waals surface area contributed by atoms with Crippen LogP contribution in [0.15, 0.2) is 103 Å². The summed E-state index contributed by atoms with van der Waals surface area (Å²) in [5, 5.41) is 5.05. The van der Waals surface area contributed by atoms with Crippen LogP contribution in [0.25, 0.3) is 43.8 Å². The molecule has 0 aliphatic heterocycles. The van der Waals surface area contributed by atoms with Crippen molar-refractivity contribution in [1.82, 2.24) is 0 Å². The molecule has 5 aromatic rings. The smallest absolute Gasteiger partial charge is 0.0243 e. The van der Waals surface area contributed by atoms with E-state index < -0.39 is 0 Å². The maximum absolute atomic E-state index is 5.55. The monoisotopic (exact) mass is 354 g/mol. The molecule has 0 radical (unpaired) electrons. The van der Waals surface area contributed by atoms with E-state index in [0.29, 0.717) is 0 Å². The van der Waals surface area contributed by atoms with Crippen molar-refractivity contribution in [2.75, 3.05) is 0 Å². The van der Waals surface area contributed by atoms with E-state index >= 15 is 0 Å². The van der Waals surface area contributed by atoms with Gasteiger partial charge in [-0.15, -0.1) is 6.42 Å². The van der Waals surface area contributed by atoms with Crippen molar-refractivity contribution in [2.24, 2.45) is 0 Å². The summed E-state index contributed by atoms with van der Waals surface area (Å²) in [6, 6.07) is 36.3. The van der Waals surface area contributed by atoms with Crippen LogP contribution in [0.2, 0.25) is 0 Å². The second-order valence-corrected chi connectivity index (χ2v) is 6.93. The molecule has 0 spiro atoms. The van der Waals surface area contributed by atoms with Crippen molar-refractivity contribution < 1.29 is 0 Å². The summed E-state index contributed by atoms with van der Waals surface area (Å²) >= 11 is 0. The Hall–Kier alpha value is -3.82. The van der Waals surface area contributed by atoms with E-state index in [-0.39, 0.29) is 0 Å². The summed E-state index contributed by atoms with van der Waals surface area (Å²) in [6.45, 7) is 0. The minimum atomic E-state index is 0.901. The van der Waals surface area contributed by atoms with Crippen LogP contribution in [0.4, 0.5) is 0 Å². The van der Waals surface area contributed by atoms with Crippen LogP contribution in [0.1, 0.15) is 5.56 Å². The molecule has 0 fully saturated rings. The van der Waals surface area contributed by atoms with Gasteiger partial charge in [0.05, 0.1) is 0 Å². The van der Waals surface area contributed by atoms with Crippen molar-refractivity contribution >= 4 is 21.5 Å². The Morgan fingerprint density at radius 3 is 1.25 bits per heavy atom. The molecular formula is C28H18. The van der Waals surface area contributed by atoms with Crippen LogP contribution < -0.4 is 0 Å². The van der Waals surface area contributed by atoms with Gasteiger partial charge in [0.1, 0.15) is 0 Å². The Balaban J connectivity index is 1.96. The van der Waals surface area contributed by atoms with E-state index in [1.54, 1.807) is 0 Å². The highest BCUT2D eigenvalue weighted by Crippen LogP contribution is 2.43. The van der Waals surface area contributed by atoms with Gasteiger partial charge in [0, 0.05) is 5.56 Å². The molecule has 0 N–H and O–H groups in total. The summed E-state index contributed by atoms with van der Waals surface area (Å²) in [5.41, 5.74) is 5.87. The van der Waals surface area contributed by atoms with E-state index in [1.165, 1.54) is 43.8 Å². The minimum Gasteiger partial charge on any atom is -0.115 e. The summed E-state index contributed by atoms with van der Waals surface area (Å²) < 4.78 is 0. The molecule has 5 aromatic carbocycles. The fraction of sp³-hybridized carbons (Fsp3) is 0. The predicted molar refractivity (Wildman–Crippen MR) is 120 cm³/mol. The number of rotatable bonds is 2. The maximum Gasteiger partial charge on any atom is 0.0243 e. The van der Waals surface area contributed by atoms with Gasteiger partial charge in [-0.2, -0.15) is 0 Å². The SMILES string of the molecule is C#Cc1ccc(-c2c3ccccc3c(-c3ccccc3)c3ccccc23)cc1. The van der Waals surface area contributed by atoms with Gasteiger partial charge in [-0.05, 0) is 55.9 Å². The number of terminal acetylenes is 1. The van der Waals surface area contributed by atoms with E-state index in [1.807, 2.05) is 12.1 Å². The van der Waals surface area contributed by atoms with Crippen LogP contribution in [-0.4, -0.2) is 0 Å². The van der Waals surface area contributed by atoms with Gasteiger partial charge in [-0.25, -0.2) is 0 Å². The number of fused-ring (bicyclic) bond motifs is 2. The predicted octanol–water partition coefficient (Wildman–Crippen LogP) is 7.31. The first kappa shape index (κ1) is 16.4. The topological polar surface area (TPSA) is 0 Å². The molecule has 0 aromatic heterocycles. The van der Waals surface area contributed by atoms with Crippen molar-refractivity contribution in [2.45, 2.75) is 0 Å². The molecule has 0 aliphatic carbocycles. The van der Waals surface area contributed by atoms with Crippen LogP contribution >= 0.6 is 0 Å². The lowest BCUT2D eigenvalue weighted by Crippen LogP contribution is -1.90. The first-order chi connectivity index (χ1) is 13.9. The van der Waals surface area contributed by atoms with Crippen molar-refractivity contribution in [3.05, 3.63) is 109 Å². The molecule has 0 saturated heterocycles. The first-order valence-corrected chi connectivity index (χ1v) is 9.43. The Morgan fingerprint density at radius 2 is 0.821 bits per heavy atom. The number of hydrogen-bond donors (Lipinski definition) is 0. The Bertz CT molecular complexity index is 1280. The molecule has 0 atom stereocenters. The minimum absolute atomic E-state index is 0.901. The Morgan fingerprint density at radius 1 is 0.429 bits per heavy atom. The molecule has 0 heterocycles. The molecule has 0 saturated carbocycles. The summed E-state index contributed by atoms with van der Waals surface area (Å²) in [6.07, 6.45) is 5.55. The van der Waals surface area contributed by atoms with E-state index in [9.17, 15) is 0 Å². The van der Waals surface area contributed by atoms with Crippen LogP contribution in [0.3, 0.4) is 0 Å². The quantitative estimate of drug-likeness (QED) is 0.230. The molecule has 5 rings (SSSR count). The molecule has 0 unspecified atom stereocenters. The fourth-order valence-electron chi connectivity index (χ4n) is 4.09. The molecular weight excluding hydrogens is 336 g/mol. The zero-order chi connectivity index (χ0) is 18.9. The van der Waals surface area contributed by atoms with Gasteiger partial charge < -0.3 is 0 Å². The van der Waals surface area contributed by atoms with Crippen LogP contribution in [-0.2, 0) is 0 Å². The first-order valence-electron chi connectivity index (χ1n) is 9.43. The summed E-state index contributed by atoms with van der Waals surface area (Å²) in [5.74, 6) is 2.71. The summed E-state index contributed by atoms with van der Waals surface area (Å²) in [4.78, 5) is 0. The standard InChI is InChI=1S/C28H18/c1-2-20-16-18-22(19-17-20)28-25-14-8-6-12-23(25)27(21-10-4-3-5-11-21)24-13-7-9-15-26(24)28/h1,3-19H. The highest BCUT2D eigenvalue weighted by atomic mass is 14.2. The third kappa shape index (κ3) is 2.57. The Labute approximate surface area is 165 Å². The van der Waals surface area contributed by atoms with Gasteiger partial charge in [0.2, 0.25) is 0 Å². The van der Waals surface area contributed by atoms with Gasteiger partial charge in [0.15, 0.2) is 0 Å². The lowest BCUT2D eigenvalue weighted by molar-refractivity contribution is 1.62. The summed E-state index contributed by atoms with van der Waals surface area (Å²) in [7, 11) is 0. The van der Waals surface area contributed by atoms with E-state index in [2.05, 4.69) is 96.9 Å². The van der Waals surface area contributed by atoms with Gasteiger partial charge in [-0.3, -0.25) is 0 Å². The second-order valence-electron chi connectivity index (χ2n) is 6.93. The average molecular weight is 354 g/mol. The largest absolute Gasteiger partial charge is 0.115 e. The van der Waals surface area contributed by atoms with Crippen molar-refractivity contribution in [3.63, 3.8) is 0 Å². The molecule has 28 heavy (non-hydrogen) atoms. The maximum atomic E-state index is 5.55. The van der Waals surface area contributed by atoms with Gasteiger partial charge in [-0.1, -0.05) is 96.9 Å². The zero-order valence-corrected chi connectivity index (χ0v) is 15.4. The molecule has 0 amide bonds. The normalized spacial score (nSPS) is 10.8. The average Bonchev–Trinajstić information content (AvgIpc) is 2.78. The van der Waals surface area contributed by atoms with Crippen LogP contribution in [0.5, 0.6) is 0 Å². The second kappa shape index (κ2) is 6.72. The van der Waals surface area contributed by atoms with Gasteiger partial charge >= 0.3 is 0 Å². The molecule has 0 nitrogen and oxygen atoms in total. The highest BCUT2D eigenvalue weighted by molar-refractivity contribution is 6.21. The molecule has 0 aliphatic rings. The molecule has 130 valence electrons. The Kier molecular flexibility index (Phi) is 3.93. The lowest BCUT2D eigenvalue weighted by Gasteiger charge is -2.17. The zero-order valence-electron chi connectivity index (χ0n) is 15.4. The third-order valence-electron chi connectivity index (χ3n) is 5.33. The van der Waals surface area contributed by atoms with Crippen molar-refractivity contribution in [3.8, 4) is 34.6 Å². The third-order valence-corrected chi connectivity index (χ3v) is 5.33. The van der Waals surface area contributed by atoms with E-state index in [0.717, 1.165) is 5.56 Å². The van der Waals surface area contributed by atoms with Gasteiger partial charge in [0.25, 0.3) is 0 Å². The molecule has 0 heteroatoms. The van der Waals surface area contributed by atoms with E-state index in [4.69, 9.17) is 6.42 Å². The lowest BCUT2D eigenvalue weighted by atomic mass is 9.86. The number of hydrogen-bond acceptors (Lipinski definition) is 0. The number of benzene rings is 5. The van der Waals surface area contributed by atoms with Crippen molar-refractivity contribution in [1.29, 1.82) is 0 Å². The van der Waals surface area contributed by atoms with Crippen LogP contribution in [0, 0.1) is 12.3 Å².